The first-order chi connectivity index (χ1) is 17.3. The van der Waals surface area contributed by atoms with Crippen molar-refractivity contribution in [2.24, 2.45) is 11.8 Å². The number of carbonyl (C=O) groups is 2. The van der Waals surface area contributed by atoms with Crippen LogP contribution in [0.5, 0.6) is 0 Å². The highest BCUT2D eigenvalue weighted by Crippen LogP contribution is 2.26. The van der Waals surface area contributed by atoms with E-state index in [0.29, 0.717) is 27.5 Å². The van der Waals surface area contributed by atoms with Crippen molar-refractivity contribution in [2.45, 2.75) is 52.5 Å². The van der Waals surface area contributed by atoms with Gasteiger partial charge in [0.05, 0.1) is 10.6 Å². The largest absolute Gasteiger partial charge is 0.335 e. The molecule has 3 heterocycles. The van der Waals surface area contributed by atoms with Gasteiger partial charge in [-0.1, -0.05) is 30.4 Å². The number of benzene rings is 1. The molecule has 1 aromatic carbocycles. The summed E-state index contributed by atoms with van der Waals surface area (Å²) in [5, 5.41) is 6.51. The maximum absolute atomic E-state index is 13.3. The lowest BCUT2D eigenvalue weighted by molar-refractivity contribution is 0.0876. The zero-order chi connectivity index (χ0) is 25.7. The summed E-state index contributed by atoms with van der Waals surface area (Å²) in [6, 6.07) is 6.72. The van der Waals surface area contributed by atoms with Crippen molar-refractivity contribution in [2.75, 3.05) is 44.6 Å². The molecule has 0 spiro atoms. The number of nitrogens with one attached hydrogen (secondary N) is 2. The molecule has 2 aliphatic heterocycles. The molecule has 9 heteroatoms. The standard InChI is InChI=1S/C27H38FN5O2S/c1-4-32-13-11-24(30-26(35)31-27-29-18(2)25(36-27)19(3)34)22(16-32)17-33-12-5-6-21(15-33)14-20-7-9-23(28)10-8-20/h7-10,21-22,24H,4-6,11-17H2,1-3H3,(H2,29,30,31,35)/t21-,22-,24+/m0/s1. The van der Waals surface area contributed by atoms with Crippen LogP contribution in [-0.4, -0.2) is 71.9 Å². The van der Waals surface area contributed by atoms with Gasteiger partial charge in [0.25, 0.3) is 0 Å². The summed E-state index contributed by atoms with van der Waals surface area (Å²) in [5.41, 5.74) is 1.84. The van der Waals surface area contributed by atoms with Crippen LogP contribution in [0.1, 0.15) is 54.0 Å². The van der Waals surface area contributed by atoms with Gasteiger partial charge in [-0.15, -0.1) is 0 Å². The number of halogens is 1. The Morgan fingerprint density at radius 1 is 1.14 bits per heavy atom. The van der Waals surface area contributed by atoms with E-state index < -0.39 is 0 Å². The maximum atomic E-state index is 13.3. The highest BCUT2D eigenvalue weighted by atomic mass is 32.1. The number of piperidine rings is 2. The SMILES string of the molecule is CCN1CC[C@@H](NC(=O)Nc2nc(C)c(C(C)=O)s2)[C@H](CN2CCC[C@@H](Cc3ccc(F)cc3)C2)C1. The van der Waals surface area contributed by atoms with E-state index in [9.17, 15) is 14.0 Å². The van der Waals surface area contributed by atoms with Gasteiger partial charge in [-0.25, -0.2) is 14.2 Å². The molecule has 0 bridgehead atoms. The number of likely N-dealkylation sites (tertiary alicyclic amines) is 2. The van der Waals surface area contributed by atoms with Gasteiger partial charge in [-0.3, -0.25) is 10.1 Å². The molecule has 1 aromatic heterocycles. The van der Waals surface area contributed by atoms with Gasteiger partial charge in [0.1, 0.15) is 5.82 Å². The third-order valence-corrected chi connectivity index (χ3v) is 8.63. The van der Waals surface area contributed by atoms with Crippen LogP contribution >= 0.6 is 11.3 Å². The number of rotatable bonds is 8. The van der Waals surface area contributed by atoms with E-state index in [4.69, 9.17) is 0 Å². The van der Waals surface area contributed by atoms with Crippen molar-refractivity contribution in [3.63, 3.8) is 0 Å². The lowest BCUT2D eigenvalue weighted by Crippen LogP contribution is -2.55. The smallest absolute Gasteiger partial charge is 0.321 e. The number of amides is 2. The van der Waals surface area contributed by atoms with E-state index in [-0.39, 0.29) is 23.7 Å². The molecular formula is C27H38FN5O2S. The summed E-state index contributed by atoms with van der Waals surface area (Å²) in [4.78, 5) is 34.5. The first-order valence-electron chi connectivity index (χ1n) is 13.1. The Hall–Kier alpha value is -2.36. The monoisotopic (exact) mass is 515 g/mol. The number of nitrogens with zero attached hydrogens (tertiary/aromatic N) is 3. The van der Waals surface area contributed by atoms with Crippen molar-refractivity contribution in [3.8, 4) is 0 Å². The molecule has 0 aliphatic carbocycles. The molecule has 0 saturated carbocycles. The molecule has 3 atom stereocenters. The summed E-state index contributed by atoms with van der Waals surface area (Å²) in [5.74, 6) is 0.673. The number of Topliss-reactive ketones (excluding diaryl/α,β-unsaturated/α-hetero) is 1. The molecule has 0 unspecified atom stereocenters. The predicted molar refractivity (Wildman–Crippen MR) is 142 cm³/mol. The number of carbonyl (C=O) groups excluding carboxylic acids is 2. The van der Waals surface area contributed by atoms with E-state index >= 15 is 0 Å². The Morgan fingerprint density at radius 3 is 2.61 bits per heavy atom. The average molecular weight is 516 g/mol. The number of aryl methyl sites for hydroxylation is 1. The topological polar surface area (TPSA) is 77.6 Å². The predicted octanol–water partition coefficient (Wildman–Crippen LogP) is 4.58. The molecular weight excluding hydrogens is 477 g/mol. The van der Waals surface area contributed by atoms with Crippen molar-refractivity contribution in [1.82, 2.24) is 20.1 Å². The Morgan fingerprint density at radius 2 is 1.92 bits per heavy atom. The lowest BCUT2D eigenvalue weighted by Gasteiger charge is -2.42. The van der Waals surface area contributed by atoms with Gasteiger partial charge in [-0.2, -0.15) is 0 Å². The Balaban J connectivity index is 1.35. The van der Waals surface area contributed by atoms with Crippen molar-refractivity contribution < 1.29 is 14.0 Å². The minimum absolute atomic E-state index is 0.0373. The number of ketones is 1. The molecule has 7 nitrogen and oxygen atoms in total. The number of thiazole rings is 1. The van der Waals surface area contributed by atoms with Crippen LogP contribution in [0.2, 0.25) is 0 Å². The number of urea groups is 1. The number of anilines is 1. The summed E-state index contributed by atoms with van der Waals surface area (Å²) >= 11 is 1.22. The van der Waals surface area contributed by atoms with Crippen LogP contribution in [0.25, 0.3) is 0 Å². The van der Waals surface area contributed by atoms with E-state index in [1.54, 1.807) is 19.1 Å². The van der Waals surface area contributed by atoms with Crippen LogP contribution in [0.3, 0.4) is 0 Å². The fourth-order valence-electron chi connectivity index (χ4n) is 5.62. The highest BCUT2D eigenvalue weighted by molar-refractivity contribution is 7.17. The molecule has 0 radical (unpaired) electrons. The molecule has 2 amide bonds. The average Bonchev–Trinajstić information content (AvgIpc) is 3.22. The molecule has 2 fully saturated rings. The number of hydrogen-bond donors (Lipinski definition) is 2. The van der Waals surface area contributed by atoms with Gasteiger partial charge in [0.2, 0.25) is 0 Å². The third-order valence-electron chi connectivity index (χ3n) is 7.45. The summed E-state index contributed by atoms with van der Waals surface area (Å²) in [6.45, 7) is 11.5. The second-order valence-corrected chi connectivity index (χ2v) is 11.2. The summed E-state index contributed by atoms with van der Waals surface area (Å²) in [6.07, 6.45) is 4.24. The highest BCUT2D eigenvalue weighted by Gasteiger charge is 2.32. The Bertz CT molecular complexity index is 1040. The van der Waals surface area contributed by atoms with Gasteiger partial charge in [0, 0.05) is 45.1 Å². The van der Waals surface area contributed by atoms with E-state index in [0.717, 1.165) is 58.5 Å². The Labute approximate surface area is 217 Å². The van der Waals surface area contributed by atoms with Gasteiger partial charge in [0.15, 0.2) is 10.9 Å². The van der Waals surface area contributed by atoms with Crippen LogP contribution in [0, 0.1) is 24.6 Å². The normalized spacial score (nSPS) is 23.4. The Kier molecular flexibility index (Phi) is 9.09. The van der Waals surface area contributed by atoms with Crippen LogP contribution in [0.15, 0.2) is 24.3 Å². The third kappa shape index (κ3) is 7.11. The zero-order valence-electron chi connectivity index (χ0n) is 21.6. The maximum Gasteiger partial charge on any atom is 0.321 e. The van der Waals surface area contributed by atoms with E-state index in [1.807, 2.05) is 12.1 Å². The number of aromatic nitrogens is 1. The molecule has 2 aliphatic rings. The van der Waals surface area contributed by atoms with E-state index in [1.165, 1.54) is 30.2 Å². The first kappa shape index (κ1) is 26.7. The van der Waals surface area contributed by atoms with Crippen LogP contribution in [0.4, 0.5) is 14.3 Å². The molecule has 2 saturated heterocycles. The van der Waals surface area contributed by atoms with Crippen LogP contribution < -0.4 is 10.6 Å². The quantitative estimate of drug-likeness (QED) is 0.504. The van der Waals surface area contributed by atoms with Gasteiger partial charge in [-0.05, 0) is 69.3 Å². The fraction of sp³-hybridized carbons (Fsp3) is 0.593. The van der Waals surface area contributed by atoms with Crippen LogP contribution in [-0.2, 0) is 6.42 Å². The van der Waals surface area contributed by atoms with Crippen molar-refractivity contribution in [1.29, 1.82) is 0 Å². The molecule has 2 aromatic rings. The summed E-state index contributed by atoms with van der Waals surface area (Å²) < 4.78 is 13.3. The lowest BCUT2D eigenvalue weighted by atomic mass is 9.88. The molecule has 4 rings (SSSR count). The second-order valence-electron chi connectivity index (χ2n) is 10.2. The summed E-state index contributed by atoms with van der Waals surface area (Å²) in [7, 11) is 0. The van der Waals surface area contributed by atoms with Crippen molar-refractivity contribution >= 4 is 28.3 Å². The van der Waals surface area contributed by atoms with Crippen molar-refractivity contribution in [3.05, 3.63) is 46.2 Å². The minimum atomic E-state index is -0.258. The zero-order valence-corrected chi connectivity index (χ0v) is 22.4. The molecule has 196 valence electrons. The van der Waals surface area contributed by atoms with Gasteiger partial charge >= 0.3 is 6.03 Å². The fourth-order valence-corrected chi connectivity index (χ4v) is 6.47. The number of hydrogen-bond acceptors (Lipinski definition) is 6. The first-order valence-corrected chi connectivity index (χ1v) is 13.9. The minimum Gasteiger partial charge on any atom is -0.335 e. The second kappa shape index (κ2) is 12.3. The molecule has 36 heavy (non-hydrogen) atoms. The van der Waals surface area contributed by atoms with E-state index in [2.05, 4.69) is 32.3 Å². The van der Waals surface area contributed by atoms with Gasteiger partial charge < -0.3 is 15.1 Å². The molecule has 2 N–H and O–H groups in total.